The zero-order valence-corrected chi connectivity index (χ0v) is 10.8. The Morgan fingerprint density at radius 1 is 1.29 bits per heavy atom. The highest BCUT2D eigenvalue weighted by Crippen LogP contribution is 2.26. The number of rotatable bonds is 2. The van der Waals surface area contributed by atoms with Crippen molar-refractivity contribution in [1.29, 1.82) is 0 Å². The summed E-state index contributed by atoms with van der Waals surface area (Å²) in [6.07, 6.45) is 0.141. The molecule has 0 aromatic heterocycles. The van der Waals surface area contributed by atoms with Crippen molar-refractivity contribution in [2.45, 2.75) is 20.0 Å². The van der Waals surface area contributed by atoms with E-state index >= 15 is 0 Å². The summed E-state index contributed by atoms with van der Waals surface area (Å²) in [4.78, 5) is 0. The Bertz CT molecular complexity index is 359. The lowest BCUT2D eigenvalue weighted by atomic mass is 9.95. The summed E-state index contributed by atoms with van der Waals surface area (Å²) >= 11 is 0. The summed E-state index contributed by atoms with van der Waals surface area (Å²) in [5.74, 6) is 0.885. The number of ether oxygens (including phenoxy) is 2. The second kappa shape index (κ2) is 5.07. The lowest BCUT2D eigenvalue weighted by Crippen LogP contribution is -2.29. The van der Waals surface area contributed by atoms with Gasteiger partial charge in [-0.25, -0.2) is 0 Å². The van der Waals surface area contributed by atoms with Crippen LogP contribution in [0.15, 0.2) is 24.3 Å². The Morgan fingerprint density at radius 3 is 2.65 bits per heavy atom. The van der Waals surface area contributed by atoms with Crippen LogP contribution in [0.4, 0.5) is 0 Å². The molecule has 94 valence electrons. The molecule has 0 aliphatic carbocycles. The third kappa shape index (κ3) is 3.20. The van der Waals surface area contributed by atoms with Gasteiger partial charge < -0.3 is 14.8 Å². The number of nitrogens with one attached hydrogen (secondary N) is 1. The highest BCUT2D eigenvalue weighted by molar-refractivity contribution is 5.28. The second-order valence-electron chi connectivity index (χ2n) is 5.37. The zero-order valence-electron chi connectivity index (χ0n) is 10.8. The topological polar surface area (TPSA) is 30.5 Å². The van der Waals surface area contributed by atoms with Crippen molar-refractivity contribution in [3.05, 3.63) is 29.8 Å². The molecule has 3 heteroatoms. The van der Waals surface area contributed by atoms with Crippen LogP contribution in [0.1, 0.15) is 25.5 Å². The molecule has 2 rings (SSSR count). The van der Waals surface area contributed by atoms with Crippen LogP contribution >= 0.6 is 0 Å². The predicted octanol–water partition coefficient (Wildman–Crippen LogP) is 2.38. The third-order valence-corrected chi connectivity index (χ3v) is 3.10. The molecule has 1 aromatic rings. The van der Waals surface area contributed by atoms with Gasteiger partial charge in [0.1, 0.15) is 5.75 Å². The fraction of sp³-hybridized carbons (Fsp3) is 0.571. The lowest BCUT2D eigenvalue weighted by molar-refractivity contribution is 0.0260. The van der Waals surface area contributed by atoms with Crippen LogP contribution in [0, 0.1) is 5.41 Å². The monoisotopic (exact) mass is 235 g/mol. The molecule has 0 bridgehead atoms. The molecule has 1 heterocycles. The van der Waals surface area contributed by atoms with Crippen LogP contribution in [0.2, 0.25) is 0 Å². The summed E-state index contributed by atoms with van der Waals surface area (Å²) in [6.45, 7) is 7.10. The van der Waals surface area contributed by atoms with E-state index in [-0.39, 0.29) is 11.5 Å². The molecule has 1 aromatic carbocycles. The molecule has 0 spiro atoms. The minimum absolute atomic E-state index is 0.141. The van der Waals surface area contributed by atoms with Crippen molar-refractivity contribution in [2.24, 2.45) is 5.41 Å². The average molecular weight is 235 g/mol. The van der Waals surface area contributed by atoms with E-state index in [0.29, 0.717) is 0 Å². The maximum Gasteiger partial charge on any atom is 0.118 e. The molecule has 1 aliphatic rings. The van der Waals surface area contributed by atoms with Crippen molar-refractivity contribution in [3.8, 4) is 5.75 Å². The summed E-state index contributed by atoms with van der Waals surface area (Å²) in [5.41, 5.74) is 1.41. The highest BCUT2D eigenvalue weighted by atomic mass is 16.5. The van der Waals surface area contributed by atoms with E-state index < -0.39 is 0 Å². The fourth-order valence-electron chi connectivity index (χ4n) is 2.01. The SMILES string of the molecule is COc1ccc(C2CNCC(C)(C)CO2)cc1. The molecule has 0 saturated carbocycles. The van der Waals surface area contributed by atoms with E-state index in [4.69, 9.17) is 9.47 Å². The van der Waals surface area contributed by atoms with Crippen molar-refractivity contribution in [2.75, 3.05) is 26.8 Å². The highest BCUT2D eigenvalue weighted by Gasteiger charge is 2.25. The van der Waals surface area contributed by atoms with Gasteiger partial charge in [0.2, 0.25) is 0 Å². The minimum atomic E-state index is 0.141. The molecule has 1 unspecified atom stereocenters. The number of methoxy groups -OCH3 is 1. The Hall–Kier alpha value is -1.06. The van der Waals surface area contributed by atoms with E-state index in [1.165, 1.54) is 5.56 Å². The van der Waals surface area contributed by atoms with E-state index in [1.54, 1.807) is 7.11 Å². The molecular weight excluding hydrogens is 214 g/mol. The first kappa shape index (κ1) is 12.4. The molecule has 1 fully saturated rings. The number of benzene rings is 1. The minimum Gasteiger partial charge on any atom is -0.497 e. The molecule has 1 aliphatic heterocycles. The first-order valence-electron chi connectivity index (χ1n) is 6.07. The molecule has 1 saturated heterocycles. The molecule has 1 atom stereocenters. The standard InChI is InChI=1S/C14H21NO2/c1-14(2)9-15-8-13(17-10-14)11-4-6-12(16-3)7-5-11/h4-7,13,15H,8-10H2,1-3H3. The predicted molar refractivity (Wildman–Crippen MR) is 68.3 cm³/mol. The van der Waals surface area contributed by atoms with Crippen molar-refractivity contribution in [1.82, 2.24) is 5.32 Å². The molecular formula is C14H21NO2. The van der Waals surface area contributed by atoms with Gasteiger partial charge in [-0.15, -0.1) is 0 Å². The van der Waals surface area contributed by atoms with Crippen LogP contribution in [-0.2, 0) is 4.74 Å². The zero-order chi connectivity index (χ0) is 12.3. The first-order valence-corrected chi connectivity index (χ1v) is 6.07. The van der Waals surface area contributed by atoms with Gasteiger partial charge in [0.05, 0.1) is 19.8 Å². The second-order valence-corrected chi connectivity index (χ2v) is 5.37. The third-order valence-electron chi connectivity index (χ3n) is 3.10. The average Bonchev–Trinajstić information content (AvgIpc) is 2.50. The smallest absolute Gasteiger partial charge is 0.118 e. The summed E-state index contributed by atoms with van der Waals surface area (Å²) in [7, 11) is 1.68. The van der Waals surface area contributed by atoms with Gasteiger partial charge in [0.15, 0.2) is 0 Å². The number of hydrogen-bond donors (Lipinski definition) is 1. The largest absolute Gasteiger partial charge is 0.497 e. The van der Waals surface area contributed by atoms with Crippen LogP contribution in [0.25, 0.3) is 0 Å². The summed E-state index contributed by atoms with van der Waals surface area (Å²) < 4.78 is 11.1. The van der Waals surface area contributed by atoms with Gasteiger partial charge >= 0.3 is 0 Å². The van der Waals surface area contributed by atoms with E-state index in [9.17, 15) is 0 Å². The van der Waals surface area contributed by atoms with Gasteiger partial charge in [-0.05, 0) is 17.7 Å². The van der Waals surface area contributed by atoms with Gasteiger partial charge in [-0.1, -0.05) is 26.0 Å². The van der Waals surface area contributed by atoms with Gasteiger partial charge in [-0.2, -0.15) is 0 Å². The van der Waals surface area contributed by atoms with Gasteiger partial charge in [-0.3, -0.25) is 0 Å². The Balaban J connectivity index is 2.06. The van der Waals surface area contributed by atoms with E-state index in [1.807, 2.05) is 12.1 Å². The first-order chi connectivity index (χ1) is 8.11. The summed E-state index contributed by atoms with van der Waals surface area (Å²) in [6, 6.07) is 8.11. The van der Waals surface area contributed by atoms with E-state index in [2.05, 4.69) is 31.3 Å². The Morgan fingerprint density at radius 2 is 2.00 bits per heavy atom. The van der Waals surface area contributed by atoms with E-state index in [0.717, 1.165) is 25.4 Å². The quantitative estimate of drug-likeness (QED) is 0.853. The molecule has 17 heavy (non-hydrogen) atoms. The van der Waals surface area contributed by atoms with Gasteiger partial charge in [0, 0.05) is 18.5 Å². The maximum absolute atomic E-state index is 5.97. The van der Waals surface area contributed by atoms with Crippen LogP contribution in [-0.4, -0.2) is 26.8 Å². The number of hydrogen-bond acceptors (Lipinski definition) is 3. The Kier molecular flexibility index (Phi) is 3.69. The molecule has 1 N–H and O–H groups in total. The normalized spacial score (nSPS) is 24.1. The fourth-order valence-corrected chi connectivity index (χ4v) is 2.01. The van der Waals surface area contributed by atoms with Crippen molar-refractivity contribution >= 4 is 0 Å². The maximum atomic E-state index is 5.97. The van der Waals surface area contributed by atoms with Crippen LogP contribution < -0.4 is 10.1 Å². The molecule has 0 radical (unpaired) electrons. The van der Waals surface area contributed by atoms with Crippen molar-refractivity contribution < 1.29 is 9.47 Å². The Labute approximate surface area is 103 Å². The van der Waals surface area contributed by atoms with Crippen molar-refractivity contribution in [3.63, 3.8) is 0 Å². The van der Waals surface area contributed by atoms with Crippen LogP contribution in [0.5, 0.6) is 5.75 Å². The lowest BCUT2D eigenvalue weighted by Gasteiger charge is -2.21. The molecule has 3 nitrogen and oxygen atoms in total. The van der Waals surface area contributed by atoms with Crippen LogP contribution in [0.3, 0.4) is 0 Å². The van der Waals surface area contributed by atoms with Gasteiger partial charge in [0.25, 0.3) is 0 Å². The summed E-state index contributed by atoms with van der Waals surface area (Å²) in [5, 5.41) is 3.46. The molecule has 0 amide bonds.